The van der Waals surface area contributed by atoms with Crippen LogP contribution in [-0.4, -0.2) is 30.2 Å². The molecule has 1 aromatic rings. The van der Waals surface area contributed by atoms with Crippen LogP contribution < -0.4 is 4.72 Å². The number of anilines is 1. The summed E-state index contributed by atoms with van der Waals surface area (Å²) in [4.78, 5) is 14.0. The lowest BCUT2D eigenvalue weighted by atomic mass is 10.3. The van der Waals surface area contributed by atoms with Crippen LogP contribution in [0.3, 0.4) is 0 Å². The highest BCUT2D eigenvalue weighted by Crippen LogP contribution is 2.08. The Morgan fingerprint density at radius 2 is 2.25 bits per heavy atom. The van der Waals surface area contributed by atoms with E-state index in [2.05, 4.69) is 9.71 Å². The molecule has 1 heterocycles. The maximum Gasteiger partial charge on any atom is 0.354 e. The Labute approximate surface area is 91.4 Å². The first-order valence-electron chi connectivity index (χ1n) is 4.01. The first-order valence-corrected chi connectivity index (χ1v) is 5.66. The molecule has 0 bridgehead atoms. The second-order valence-electron chi connectivity index (χ2n) is 2.76. The molecule has 0 unspecified atom stereocenters. The number of nitriles is 1. The van der Waals surface area contributed by atoms with Crippen molar-refractivity contribution in [1.82, 2.24) is 4.98 Å². The van der Waals surface area contributed by atoms with Gasteiger partial charge in [-0.2, -0.15) is 5.26 Å². The van der Waals surface area contributed by atoms with E-state index in [9.17, 15) is 13.2 Å². The Morgan fingerprint density at radius 3 is 2.69 bits per heavy atom. The maximum atomic E-state index is 11.1. The number of aromatic nitrogens is 1. The Morgan fingerprint density at radius 1 is 1.56 bits per heavy atom. The van der Waals surface area contributed by atoms with Crippen molar-refractivity contribution in [3.05, 3.63) is 24.0 Å². The molecule has 0 atom stereocenters. The van der Waals surface area contributed by atoms with Crippen molar-refractivity contribution in [2.45, 2.75) is 0 Å². The SMILES string of the molecule is N#CCS(=O)(=O)Nc1ccc(C(=O)O)nc1. The van der Waals surface area contributed by atoms with Crippen molar-refractivity contribution in [3.63, 3.8) is 0 Å². The summed E-state index contributed by atoms with van der Waals surface area (Å²) >= 11 is 0. The molecule has 0 spiro atoms. The number of carboxylic acids is 1. The minimum absolute atomic E-state index is 0.111. The smallest absolute Gasteiger partial charge is 0.354 e. The second kappa shape index (κ2) is 4.59. The minimum Gasteiger partial charge on any atom is -0.477 e. The van der Waals surface area contributed by atoms with Gasteiger partial charge in [0.05, 0.1) is 18.0 Å². The number of carboxylic acid groups (broad SMARTS) is 1. The van der Waals surface area contributed by atoms with E-state index in [-0.39, 0.29) is 11.4 Å². The van der Waals surface area contributed by atoms with Crippen LogP contribution in [0.25, 0.3) is 0 Å². The second-order valence-corrected chi connectivity index (χ2v) is 4.48. The third-order valence-electron chi connectivity index (χ3n) is 1.51. The lowest BCUT2D eigenvalue weighted by Crippen LogP contribution is -2.15. The lowest BCUT2D eigenvalue weighted by Gasteiger charge is -2.04. The molecular formula is C8H7N3O4S. The van der Waals surface area contributed by atoms with Crippen LogP contribution in [0.1, 0.15) is 10.5 Å². The molecule has 2 N–H and O–H groups in total. The summed E-state index contributed by atoms with van der Waals surface area (Å²) in [5.41, 5.74) is -0.0801. The topological polar surface area (TPSA) is 120 Å². The molecule has 1 rings (SSSR count). The Balaban J connectivity index is 2.85. The molecule has 84 valence electrons. The Hall–Kier alpha value is -2.14. The maximum absolute atomic E-state index is 11.1. The van der Waals surface area contributed by atoms with Gasteiger partial charge in [-0.05, 0) is 12.1 Å². The van der Waals surface area contributed by atoms with Gasteiger partial charge >= 0.3 is 5.97 Å². The third-order valence-corrected chi connectivity index (χ3v) is 2.57. The Kier molecular flexibility index (Phi) is 3.42. The number of hydrogen-bond donors (Lipinski definition) is 2. The van der Waals surface area contributed by atoms with Gasteiger partial charge in [0, 0.05) is 0 Å². The molecule has 8 heteroatoms. The standard InChI is InChI=1S/C8H7N3O4S/c9-3-4-16(14,15)11-6-1-2-7(8(12)13)10-5-6/h1-2,5,11H,4H2,(H,12,13). The highest BCUT2D eigenvalue weighted by Gasteiger charge is 2.10. The first-order chi connectivity index (χ1) is 7.44. The van der Waals surface area contributed by atoms with Gasteiger partial charge in [-0.3, -0.25) is 4.72 Å². The average Bonchev–Trinajstić information content (AvgIpc) is 2.17. The summed E-state index contributed by atoms with van der Waals surface area (Å²) in [5.74, 6) is -1.88. The fraction of sp³-hybridized carbons (Fsp3) is 0.125. The number of carbonyl (C=O) groups is 1. The van der Waals surface area contributed by atoms with E-state index in [0.29, 0.717) is 0 Å². The number of nitrogens with zero attached hydrogens (tertiary/aromatic N) is 2. The molecule has 0 aromatic carbocycles. The fourth-order valence-electron chi connectivity index (χ4n) is 0.881. The number of sulfonamides is 1. The number of aromatic carboxylic acids is 1. The van der Waals surface area contributed by atoms with Crippen molar-refractivity contribution in [2.75, 3.05) is 10.5 Å². The van der Waals surface area contributed by atoms with Crippen LogP contribution >= 0.6 is 0 Å². The zero-order valence-corrected chi connectivity index (χ0v) is 8.73. The number of nitrogens with one attached hydrogen (secondary N) is 1. The van der Waals surface area contributed by atoms with Crippen LogP contribution in [0.15, 0.2) is 18.3 Å². The molecule has 7 nitrogen and oxygen atoms in total. The van der Waals surface area contributed by atoms with Gasteiger partial charge in [0.15, 0.2) is 5.75 Å². The summed E-state index contributed by atoms with van der Waals surface area (Å²) < 4.78 is 24.4. The summed E-state index contributed by atoms with van der Waals surface area (Å²) in [6.45, 7) is 0. The monoisotopic (exact) mass is 241 g/mol. The van der Waals surface area contributed by atoms with Gasteiger partial charge in [-0.15, -0.1) is 0 Å². The molecule has 1 aromatic heterocycles. The number of rotatable bonds is 4. The van der Waals surface area contributed by atoms with Crippen LogP contribution in [-0.2, 0) is 10.0 Å². The molecule has 0 aliphatic rings. The largest absolute Gasteiger partial charge is 0.477 e. The molecule has 0 aliphatic heterocycles. The van der Waals surface area contributed by atoms with Crippen molar-refractivity contribution >= 4 is 21.7 Å². The summed E-state index contributed by atoms with van der Waals surface area (Å²) in [7, 11) is -3.72. The van der Waals surface area contributed by atoms with Gasteiger partial charge in [-0.1, -0.05) is 0 Å². The molecule has 0 amide bonds. The quantitative estimate of drug-likeness (QED) is 0.768. The highest BCUT2D eigenvalue weighted by atomic mass is 32.2. The number of hydrogen-bond acceptors (Lipinski definition) is 5. The van der Waals surface area contributed by atoms with Gasteiger partial charge in [-0.25, -0.2) is 18.2 Å². The van der Waals surface area contributed by atoms with E-state index in [1.165, 1.54) is 12.1 Å². The lowest BCUT2D eigenvalue weighted by molar-refractivity contribution is 0.0690. The van der Waals surface area contributed by atoms with Crippen molar-refractivity contribution in [2.24, 2.45) is 0 Å². The molecule has 0 fully saturated rings. The van der Waals surface area contributed by atoms with Gasteiger partial charge < -0.3 is 5.11 Å². The van der Waals surface area contributed by atoms with Crippen LogP contribution in [0.5, 0.6) is 0 Å². The highest BCUT2D eigenvalue weighted by molar-refractivity contribution is 7.92. The molecular weight excluding hydrogens is 234 g/mol. The average molecular weight is 241 g/mol. The zero-order chi connectivity index (χ0) is 12.2. The predicted molar refractivity (Wildman–Crippen MR) is 54.2 cm³/mol. The predicted octanol–water partition coefficient (Wildman–Crippen LogP) is 0.0451. The normalized spacial score (nSPS) is 10.4. The van der Waals surface area contributed by atoms with Crippen LogP contribution in [0, 0.1) is 11.3 Å². The molecule has 0 saturated heterocycles. The van der Waals surface area contributed by atoms with Gasteiger partial charge in [0.1, 0.15) is 5.69 Å². The summed E-state index contributed by atoms with van der Waals surface area (Å²) in [5, 5.41) is 16.8. The first kappa shape index (κ1) is 11.9. The van der Waals surface area contributed by atoms with E-state index >= 15 is 0 Å². The molecule has 0 saturated carbocycles. The fourth-order valence-corrected chi connectivity index (χ4v) is 1.60. The van der Waals surface area contributed by atoms with E-state index in [4.69, 9.17) is 10.4 Å². The van der Waals surface area contributed by atoms with E-state index in [1.54, 1.807) is 0 Å². The molecule has 16 heavy (non-hydrogen) atoms. The third kappa shape index (κ3) is 3.21. The number of pyridine rings is 1. The van der Waals surface area contributed by atoms with Crippen molar-refractivity contribution in [3.8, 4) is 6.07 Å². The van der Waals surface area contributed by atoms with Crippen LogP contribution in [0.2, 0.25) is 0 Å². The van der Waals surface area contributed by atoms with Crippen molar-refractivity contribution in [1.29, 1.82) is 5.26 Å². The van der Waals surface area contributed by atoms with Crippen LogP contribution in [0.4, 0.5) is 5.69 Å². The zero-order valence-electron chi connectivity index (χ0n) is 7.91. The minimum atomic E-state index is -3.72. The van der Waals surface area contributed by atoms with E-state index in [0.717, 1.165) is 12.3 Å². The van der Waals surface area contributed by atoms with E-state index < -0.39 is 21.7 Å². The van der Waals surface area contributed by atoms with Gasteiger partial charge in [0.2, 0.25) is 10.0 Å². The van der Waals surface area contributed by atoms with E-state index in [1.807, 2.05) is 0 Å². The summed E-state index contributed by atoms with van der Waals surface area (Å²) in [6, 6.07) is 3.91. The van der Waals surface area contributed by atoms with Crippen molar-refractivity contribution < 1.29 is 18.3 Å². The van der Waals surface area contributed by atoms with Gasteiger partial charge in [0.25, 0.3) is 0 Å². The Bertz CT molecular complexity index is 529. The summed E-state index contributed by atoms with van der Waals surface area (Å²) in [6.07, 6.45) is 1.07. The molecule has 0 aliphatic carbocycles. The molecule has 0 radical (unpaired) electrons.